The van der Waals surface area contributed by atoms with E-state index in [2.05, 4.69) is 18.9 Å². The molecule has 0 N–H and O–H groups in total. The van der Waals surface area contributed by atoms with E-state index in [-0.39, 0.29) is 0 Å². The highest BCUT2D eigenvalue weighted by Gasteiger charge is 2.03. The summed E-state index contributed by atoms with van der Waals surface area (Å²) >= 11 is 0. The van der Waals surface area contributed by atoms with Crippen LogP contribution in [0.2, 0.25) is 0 Å². The highest BCUT2D eigenvalue weighted by molar-refractivity contribution is 4.76. The van der Waals surface area contributed by atoms with Crippen LogP contribution in [0.3, 0.4) is 0 Å². The van der Waals surface area contributed by atoms with Crippen LogP contribution in [0.25, 0.3) is 0 Å². The Balaban J connectivity index is 2.85. The van der Waals surface area contributed by atoms with Crippen LogP contribution in [0, 0.1) is 0 Å². The molecule has 1 aromatic heterocycles. The van der Waals surface area contributed by atoms with Crippen molar-refractivity contribution in [1.29, 1.82) is 0 Å². The van der Waals surface area contributed by atoms with Crippen molar-refractivity contribution in [2.75, 3.05) is 0 Å². The molecule has 0 fully saturated rings. The molecule has 0 saturated heterocycles. The molecule has 0 spiro atoms. The van der Waals surface area contributed by atoms with Gasteiger partial charge in [0.05, 0.1) is 6.20 Å². The first-order valence-electron chi connectivity index (χ1n) is 3.13. The molecule has 2 heteroatoms. The summed E-state index contributed by atoms with van der Waals surface area (Å²) in [6.45, 7) is 4.21. The number of nitrogens with zero attached hydrogens (tertiary/aromatic N) is 2. The molecule has 2 nitrogen and oxygen atoms in total. The fourth-order valence-corrected chi connectivity index (χ4v) is 0.647. The molecule has 0 aliphatic rings. The quantitative estimate of drug-likeness (QED) is 0.508. The van der Waals surface area contributed by atoms with E-state index in [1.807, 2.05) is 23.0 Å². The van der Waals surface area contributed by atoms with Gasteiger partial charge in [0, 0.05) is 6.07 Å². The maximum absolute atomic E-state index is 4.09. The van der Waals surface area contributed by atoms with Crippen molar-refractivity contribution in [3.8, 4) is 0 Å². The molecule has 1 rings (SSSR count). The van der Waals surface area contributed by atoms with Gasteiger partial charge in [-0.3, -0.25) is 0 Å². The first kappa shape index (κ1) is 6.20. The van der Waals surface area contributed by atoms with E-state index in [0.717, 1.165) is 0 Å². The van der Waals surface area contributed by atoms with Gasteiger partial charge in [-0.2, -0.15) is 0 Å². The normalized spacial score (nSPS) is 10.1. The average Bonchev–Trinajstić information content (AvgIpc) is 1.90. The molecule has 0 unspecified atom stereocenters. The van der Waals surface area contributed by atoms with Crippen LogP contribution in [0.4, 0.5) is 0 Å². The van der Waals surface area contributed by atoms with Crippen molar-refractivity contribution in [2.45, 2.75) is 19.9 Å². The van der Waals surface area contributed by atoms with Gasteiger partial charge in [-0.1, -0.05) is 4.68 Å². The second-order valence-electron chi connectivity index (χ2n) is 2.27. The van der Waals surface area contributed by atoms with Crippen LogP contribution in [-0.2, 0) is 0 Å². The molecule has 0 aromatic carbocycles. The van der Waals surface area contributed by atoms with E-state index < -0.39 is 0 Å². The number of rotatable bonds is 1. The minimum absolute atomic E-state index is 0.464. The lowest BCUT2D eigenvalue weighted by molar-refractivity contribution is -0.771. The van der Waals surface area contributed by atoms with Crippen LogP contribution in [0.5, 0.6) is 0 Å². The van der Waals surface area contributed by atoms with Crippen LogP contribution in [0.1, 0.15) is 19.9 Å². The third kappa shape index (κ3) is 1.49. The Morgan fingerprint density at radius 1 is 1.33 bits per heavy atom. The summed E-state index contributed by atoms with van der Waals surface area (Å²) in [6.07, 6.45) is 3.75. The van der Waals surface area contributed by atoms with Gasteiger partial charge < -0.3 is 0 Å². The summed E-state index contributed by atoms with van der Waals surface area (Å²) in [6, 6.07) is 4.36. The Labute approximate surface area is 55.1 Å². The van der Waals surface area contributed by atoms with Crippen molar-refractivity contribution >= 4 is 0 Å². The summed E-state index contributed by atoms with van der Waals surface area (Å²) in [7, 11) is 0. The number of aromatic nitrogens is 2. The molecule has 0 aliphatic carbocycles. The summed E-state index contributed by atoms with van der Waals surface area (Å²) in [5.41, 5.74) is 0. The third-order valence-electron chi connectivity index (χ3n) is 1.17. The summed E-state index contributed by atoms with van der Waals surface area (Å²) in [5.74, 6) is 0. The first-order valence-corrected chi connectivity index (χ1v) is 3.13. The molecular formula is C7H11N2+. The van der Waals surface area contributed by atoms with Gasteiger partial charge >= 0.3 is 0 Å². The minimum Gasteiger partial charge on any atom is -0.0892 e. The molecule has 1 aromatic rings. The van der Waals surface area contributed by atoms with Gasteiger partial charge in [-0.15, -0.1) is 0 Å². The molecule has 9 heavy (non-hydrogen) atoms. The zero-order valence-corrected chi connectivity index (χ0v) is 5.78. The van der Waals surface area contributed by atoms with E-state index >= 15 is 0 Å². The van der Waals surface area contributed by atoms with Gasteiger partial charge in [-0.05, 0) is 25.0 Å². The van der Waals surface area contributed by atoms with Gasteiger partial charge in [-0.25, -0.2) is 0 Å². The predicted octanol–water partition coefficient (Wildman–Crippen LogP) is 0.950. The largest absolute Gasteiger partial charge is 0.196 e. The van der Waals surface area contributed by atoms with Crippen LogP contribution in [-0.4, -0.2) is 5.10 Å². The van der Waals surface area contributed by atoms with Crippen LogP contribution >= 0.6 is 0 Å². The number of hydrogen-bond donors (Lipinski definition) is 0. The van der Waals surface area contributed by atoms with E-state index in [9.17, 15) is 0 Å². The predicted molar refractivity (Wildman–Crippen MR) is 34.8 cm³/mol. The van der Waals surface area contributed by atoms with E-state index in [4.69, 9.17) is 0 Å². The van der Waals surface area contributed by atoms with E-state index in [1.54, 1.807) is 6.20 Å². The molecule has 0 bridgehead atoms. The Bertz CT molecular complexity index is 170. The van der Waals surface area contributed by atoms with Gasteiger partial charge in [0.15, 0.2) is 12.2 Å². The van der Waals surface area contributed by atoms with Crippen molar-refractivity contribution in [1.82, 2.24) is 5.10 Å². The van der Waals surface area contributed by atoms with Gasteiger partial charge in [0.25, 0.3) is 0 Å². The topological polar surface area (TPSA) is 16.8 Å². The van der Waals surface area contributed by atoms with E-state index in [0.29, 0.717) is 6.04 Å². The molecule has 0 atom stereocenters. The maximum atomic E-state index is 4.09. The lowest BCUT2D eigenvalue weighted by Crippen LogP contribution is -2.39. The highest BCUT2D eigenvalue weighted by Crippen LogP contribution is 1.85. The Morgan fingerprint density at radius 3 is 2.44 bits per heavy atom. The molecule has 1 heterocycles. The van der Waals surface area contributed by atoms with Crippen LogP contribution in [0.15, 0.2) is 24.5 Å². The smallest absolute Gasteiger partial charge is 0.0892 e. The first-order chi connectivity index (χ1) is 4.30. The lowest BCUT2D eigenvalue weighted by atomic mass is 10.4. The minimum atomic E-state index is 0.464. The van der Waals surface area contributed by atoms with Crippen molar-refractivity contribution in [3.05, 3.63) is 24.5 Å². The molecule has 0 radical (unpaired) electrons. The van der Waals surface area contributed by atoms with Gasteiger partial charge in [0.1, 0.15) is 0 Å². The average molecular weight is 123 g/mol. The lowest BCUT2D eigenvalue weighted by Gasteiger charge is -1.92. The Hall–Kier alpha value is -0.920. The Kier molecular flexibility index (Phi) is 1.78. The fourth-order valence-electron chi connectivity index (χ4n) is 0.647. The fraction of sp³-hybridized carbons (Fsp3) is 0.429. The molecule has 48 valence electrons. The highest BCUT2D eigenvalue weighted by atomic mass is 15.3. The third-order valence-corrected chi connectivity index (χ3v) is 1.17. The van der Waals surface area contributed by atoms with Crippen molar-refractivity contribution < 1.29 is 4.68 Å². The molecule has 0 amide bonds. The number of hydrogen-bond acceptors (Lipinski definition) is 1. The maximum Gasteiger partial charge on any atom is 0.196 e. The van der Waals surface area contributed by atoms with Crippen molar-refractivity contribution in [2.24, 2.45) is 0 Å². The monoisotopic (exact) mass is 123 g/mol. The standard InChI is InChI=1S/C7H11N2/c1-7(2)9-6-4-3-5-8-9/h3-7H,1-2H3/q+1. The second kappa shape index (κ2) is 2.58. The summed E-state index contributed by atoms with van der Waals surface area (Å²) < 4.78 is 1.92. The van der Waals surface area contributed by atoms with Crippen molar-refractivity contribution in [3.63, 3.8) is 0 Å². The Morgan fingerprint density at radius 2 is 2.11 bits per heavy atom. The summed E-state index contributed by atoms with van der Waals surface area (Å²) in [5, 5.41) is 4.09. The second-order valence-corrected chi connectivity index (χ2v) is 2.27. The SMILES string of the molecule is CC(C)[n+]1ccccn1. The van der Waals surface area contributed by atoms with Crippen LogP contribution < -0.4 is 4.68 Å². The molecule has 0 saturated carbocycles. The summed E-state index contributed by atoms with van der Waals surface area (Å²) in [4.78, 5) is 0. The van der Waals surface area contributed by atoms with Gasteiger partial charge in [0.2, 0.25) is 0 Å². The zero-order chi connectivity index (χ0) is 6.69. The molecular weight excluding hydrogens is 112 g/mol. The van der Waals surface area contributed by atoms with E-state index in [1.165, 1.54) is 0 Å². The zero-order valence-electron chi connectivity index (χ0n) is 5.78. The molecule has 0 aliphatic heterocycles.